The van der Waals surface area contributed by atoms with Gasteiger partial charge in [-0.05, 0) is 32.2 Å². The van der Waals surface area contributed by atoms with Crippen LogP contribution in [-0.2, 0) is 6.42 Å². The van der Waals surface area contributed by atoms with Gasteiger partial charge in [-0.15, -0.1) is 12.4 Å². The van der Waals surface area contributed by atoms with Gasteiger partial charge in [0.1, 0.15) is 11.6 Å². The molecule has 4 nitrogen and oxygen atoms in total. The third-order valence-corrected chi connectivity index (χ3v) is 2.61. The molecule has 0 bridgehead atoms. The zero-order valence-corrected chi connectivity index (χ0v) is 11.3. The lowest BCUT2D eigenvalue weighted by Crippen LogP contribution is -2.24. The Bertz CT molecular complexity index is 548. The van der Waals surface area contributed by atoms with Crippen LogP contribution < -0.4 is 5.32 Å². The maximum atomic E-state index is 13.5. The highest BCUT2D eigenvalue weighted by atomic mass is 35.5. The second kappa shape index (κ2) is 6.58. The van der Waals surface area contributed by atoms with Gasteiger partial charge in [-0.25, -0.2) is 8.78 Å². The Hall–Kier alpha value is -1.53. The lowest BCUT2D eigenvalue weighted by molar-refractivity contribution is 0.415. The summed E-state index contributed by atoms with van der Waals surface area (Å²) in [6.07, 6.45) is 0.553. The van der Waals surface area contributed by atoms with E-state index in [1.807, 2.05) is 14.0 Å². The molecule has 7 heteroatoms. The van der Waals surface area contributed by atoms with E-state index in [1.165, 1.54) is 0 Å². The number of hydrogen-bond acceptors (Lipinski definition) is 4. The minimum absolute atomic E-state index is 0. The molecule has 2 rings (SSSR count). The topological polar surface area (TPSA) is 51.0 Å². The molecule has 1 atom stereocenters. The summed E-state index contributed by atoms with van der Waals surface area (Å²) in [4.78, 5) is 4.05. The quantitative estimate of drug-likeness (QED) is 0.940. The van der Waals surface area contributed by atoms with Gasteiger partial charge in [-0.2, -0.15) is 4.98 Å². The molecule has 1 aromatic carbocycles. The van der Waals surface area contributed by atoms with Gasteiger partial charge in [0, 0.05) is 12.5 Å². The van der Waals surface area contributed by atoms with E-state index in [4.69, 9.17) is 4.52 Å². The first-order valence-electron chi connectivity index (χ1n) is 5.55. The predicted molar refractivity (Wildman–Crippen MR) is 69.1 cm³/mol. The lowest BCUT2D eigenvalue weighted by atomic mass is 10.2. The van der Waals surface area contributed by atoms with E-state index >= 15 is 0 Å². The predicted octanol–water partition coefficient (Wildman–Crippen LogP) is 2.59. The summed E-state index contributed by atoms with van der Waals surface area (Å²) >= 11 is 0. The van der Waals surface area contributed by atoms with Crippen molar-refractivity contribution in [3.8, 4) is 11.5 Å². The van der Waals surface area contributed by atoms with Gasteiger partial charge in [0.2, 0.25) is 0 Å². The first kappa shape index (κ1) is 15.5. The van der Waals surface area contributed by atoms with Gasteiger partial charge in [-0.3, -0.25) is 0 Å². The largest absolute Gasteiger partial charge is 0.334 e. The average Bonchev–Trinajstić information content (AvgIpc) is 2.80. The molecule has 0 amide bonds. The maximum Gasteiger partial charge on any atom is 0.261 e. The number of nitrogens with one attached hydrogen (secondary N) is 1. The first-order chi connectivity index (χ1) is 8.60. The summed E-state index contributed by atoms with van der Waals surface area (Å²) < 4.78 is 31.5. The Morgan fingerprint density at radius 2 is 2.11 bits per heavy atom. The molecule has 0 spiro atoms. The molecule has 0 saturated heterocycles. The van der Waals surface area contributed by atoms with Crippen LogP contribution in [0.3, 0.4) is 0 Å². The fourth-order valence-corrected chi connectivity index (χ4v) is 1.48. The maximum absolute atomic E-state index is 13.5. The molecule has 1 aromatic heterocycles. The summed E-state index contributed by atoms with van der Waals surface area (Å²) in [5, 5.41) is 6.76. The molecule has 2 aromatic rings. The van der Waals surface area contributed by atoms with Crippen molar-refractivity contribution in [3.05, 3.63) is 35.7 Å². The number of likely N-dealkylation sites (N-methyl/N-ethyl adjacent to an activating group) is 1. The minimum atomic E-state index is -0.590. The van der Waals surface area contributed by atoms with E-state index in [1.54, 1.807) is 0 Å². The highest BCUT2D eigenvalue weighted by Gasteiger charge is 2.15. The molecule has 0 fully saturated rings. The van der Waals surface area contributed by atoms with Gasteiger partial charge in [0.15, 0.2) is 5.82 Å². The minimum Gasteiger partial charge on any atom is -0.334 e. The van der Waals surface area contributed by atoms with Gasteiger partial charge in [0.05, 0.1) is 5.56 Å². The Balaban J connectivity index is 0.00000180. The molecular formula is C12H14ClF2N3O. The van der Waals surface area contributed by atoms with Crippen molar-refractivity contribution in [1.29, 1.82) is 0 Å². The number of nitrogens with zero attached hydrogens (tertiary/aromatic N) is 2. The van der Waals surface area contributed by atoms with Crippen LogP contribution in [0, 0.1) is 11.6 Å². The molecule has 1 heterocycles. The third-order valence-electron chi connectivity index (χ3n) is 2.61. The van der Waals surface area contributed by atoms with E-state index in [0.717, 1.165) is 18.2 Å². The number of benzene rings is 1. The summed E-state index contributed by atoms with van der Waals surface area (Å²) in [7, 11) is 1.82. The highest BCUT2D eigenvalue weighted by Crippen LogP contribution is 2.22. The van der Waals surface area contributed by atoms with Gasteiger partial charge < -0.3 is 9.84 Å². The van der Waals surface area contributed by atoms with Crippen molar-refractivity contribution < 1.29 is 13.3 Å². The number of aromatic nitrogens is 2. The van der Waals surface area contributed by atoms with Crippen LogP contribution >= 0.6 is 12.4 Å². The zero-order valence-electron chi connectivity index (χ0n) is 10.5. The highest BCUT2D eigenvalue weighted by molar-refractivity contribution is 5.85. The lowest BCUT2D eigenvalue weighted by Gasteiger charge is -2.04. The van der Waals surface area contributed by atoms with Crippen LogP contribution in [0.4, 0.5) is 8.78 Å². The van der Waals surface area contributed by atoms with Crippen LogP contribution in [0.5, 0.6) is 0 Å². The summed E-state index contributed by atoms with van der Waals surface area (Å²) in [6, 6.07) is 3.28. The second-order valence-electron chi connectivity index (χ2n) is 4.03. The Kier molecular flexibility index (Phi) is 5.38. The van der Waals surface area contributed by atoms with E-state index in [9.17, 15) is 8.78 Å². The first-order valence-corrected chi connectivity index (χ1v) is 5.55. The SMILES string of the molecule is CNC(C)Cc1noc(-c2cc(F)ccc2F)n1.Cl. The van der Waals surface area contributed by atoms with Gasteiger partial charge in [0.25, 0.3) is 5.89 Å². The molecule has 0 saturated carbocycles. The van der Waals surface area contributed by atoms with Crippen molar-refractivity contribution in [1.82, 2.24) is 15.5 Å². The molecule has 0 radical (unpaired) electrons. The molecule has 0 aliphatic heterocycles. The molecule has 0 aliphatic carbocycles. The Morgan fingerprint density at radius 1 is 1.37 bits per heavy atom. The summed E-state index contributed by atoms with van der Waals surface area (Å²) in [5.74, 6) is -0.691. The molecule has 0 aliphatic rings. The second-order valence-corrected chi connectivity index (χ2v) is 4.03. The van der Waals surface area contributed by atoms with E-state index in [-0.39, 0.29) is 29.9 Å². The molecule has 104 valence electrons. The Labute approximate surface area is 115 Å². The van der Waals surface area contributed by atoms with E-state index < -0.39 is 11.6 Å². The van der Waals surface area contributed by atoms with Crippen molar-refractivity contribution >= 4 is 12.4 Å². The third kappa shape index (κ3) is 3.71. The van der Waals surface area contributed by atoms with Crippen LogP contribution in [0.15, 0.2) is 22.7 Å². The van der Waals surface area contributed by atoms with E-state index in [0.29, 0.717) is 12.2 Å². The molecule has 1 unspecified atom stereocenters. The zero-order chi connectivity index (χ0) is 13.1. The van der Waals surface area contributed by atoms with Crippen molar-refractivity contribution in [2.45, 2.75) is 19.4 Å². The van der Waals surface area contributed by atoms with Crippen molar-refractivity contribution in [2.75, 3.05) is 7.05 Å². The van der Waals surface area contributed by atoms with Crippen LogP contribution in [0.1, 0.15) is 12.7 Å². The van der Waals surface area contributed by atoms with Crippen LogP contribution in [-0.4, -0.2) is 23.2 Å². The fourth-order valence-electron chi connectivity index (χ4n) is 1.48. The smallest absolute Gasteiger partial charge is 0.261 e. The summed E-state index contributed by atoms with van der Waals surface area (Å²) in [6.45, 7) is 1.96. The van der Waals surface area contributed by atoms with Gasteiger partial charge in [-0.1, -0.05) is 5.16 Å². The Morgan fingerprint density at radius 3 is 2.79 bits per heavy atom. The summed E-state index contributed by atoms with van der Waals surface area (Å²) in [5.41, 5.74) is -0.0224. The number of hydrogen-bond donors (Lipinski definition) is 1. The molecular weight excluding hydrogens is 276 g/mol. The monoisotopic (exact) mass is 289 g/mol. The standard InChI is InChI=1S/C12H13F2N3O.ClH/c1-7(15-2)5-11-16-12(18-17-11)9-6-8(13)3-4-10(9)14;/h3-4,6-7,15H,5H2,1-2H3;1H. The van der Waals surface area contributed by atoms with Crippen molar-refractivity contribution in [2.24, 2.45) is 0 Å². The normalized spacial score (nSPS) is 12.0. The van der Waals surface area contributed by atoms with Gasteiger partial charge >= 0.3 is 0 Å². The molecule has 19 heavy (non-hydrogen) atoms. The van der Waals surface area contributed by atoms with Crippen LogP contribution in [0.25, 0.3) is 11.5 Å². The van der Waals surface area contributed by atoms with Crippen molar-refractivity contribution in [3.63, 3.8) is 0 Å². The average molecular weight is 290 g/mol. The van der Waals surface area contributed by atoms with Crippen LogP contribution in [0.2, 0.25) is 0 Å². The number of rotatable bonds is 4. The van der Waals surface area contributed by atoms with E-state index in [2.05, 4.69) is 15.5 Å². The number of halogens is 3. The fraction of sp³-hybridized carbons (Fsp3) is 0.333. The molecule has 1 N–H and O–H groups in total.